The van der Waals surface area contributed by atoms with Gasteiger partial charge in [-0.3, -0.25) is 4.79 Å². The molecule has 31 heavy (non-hydrogen) atoms. The lowest BCUT2D eigenvalue weighted by molar-refractivity contribution is -0.164. The lowest BCUT2D eigenvalue weighted by Gasteiger charge is -2.62. The van der Waals surface area contributed by atoms with Gasteiger partial charge in [0, 0.05) is 25.4 Å². The molecular weight excluding hydrogens is 388 g/mol. The first-order valence-corrected chi connectivity index (χ1v) is 12.5. The molecule has 0 aliphatic heterocycles. The van der Waals surface area contributed by atoms with Gasteiger partial charge in [-0.25, -0.2) is 4.98 Å². The number of aromatic nitrogens is 2. The van der Waals surface area contributed by atoms with E-state index in [0.29, 0.717) is 36.2 Å². The molecule has 0 spiro atoms. The lowest BCUT2D eigenvalue weighted by atomic mass is 9.44. The highest BCUT2D eigenvalue weighted by Crippen LogP contribution is 2.68. The molecule has 0 saturated heterocycles. The first-order valence-electron chi connectivity index (χ1n) is 12.5. The van der Waals surface area contributed by atoms with Gasteiger partial charge in [-0.2, -0.15) is 0 Å². The van der Waals surface area contributed by atoms with Crippen molar-refractivity contribution >= 4 is 5.78 Å². The number of hydrogen-bond donors (Lipinski definition) is 1. The van der Waals surface area contributed by atoms with Gasteiger partial charge in [0.25, 0.3) is 0 Å². The number of methoxy groups -OCH3 is 1. The minimum absolute atomic E-state index is 0.160. The second kappa shape index (κ2) is 7.69. The SMILES string of the molecule is COC[C@@]1(O)CCC2(C)[C@@H](CC[C@@H]3[C@@H]2CC[C@]2(C)[C@@H](C(=O)Cn4ccnc4)CC[C@@H]32)C1. The number of imidazole rings is 1. The molecule has 5 heteroatoms. The van der Waals surface area contributed by atoms with Gasteiger partial charge in [0.2, 0.25) is 0 Å². The zero-order valence-electron chi connectivity index (χ0n) is 19.6. The molecule has 0 aromatic carbocycles. The van der Waals surface area contributed by atoms with Gasteiger partial charge in [-0.15, -0.1) is 0 Å². The average molecular weight is 429 g/mol. The van der Waals surface area contributed by atoms with Gasteiger partial charge in [-0.05, 0) is 92.3 Å². The van der Waals surface area contributed by atoms with Gasteiger partial charge < -0.3 is 14.4 Å². The molecule has 0 radical (unpaired) electrons. The molecule has 4 fully saturated rings. The normalized spacial score (nSPS) is 46.8. The van der Waals surface area contributed by atoms with E-state index < -0.39 is 5.60 Å². The maximum Gasteiger partial charge on any atom is 0.156 e. The average Bonchev–Trinajstić information content (AvgIpc) is 3.35. The maximum absolute atomic E-state index is 13.3. The molecule has 1 N–H and O–H groups in total. The Morgan fingerprint density at radius 2 is 1.90 bits per heavy atom. The molecule has 5 rings (SSSR count). The van der Waals surface area contributed by atoms with Gasteiger partial charge in [0.1, 0.15) is 0 Å². The number of carbonyl (C=O) groups excluding carboxylic acids is 1. The summed E-state index contributed by atoms with van der Waals surface area (Å²) in [6, 6.07) is 0. The van der Waals surface area contributed by atoms with Gasteiger partial charge in [0.05, 0.1) is 25.1 Å². The minimum Gasteiger partial charge on any atom is -0.387 e. The van der Waals surface area contributed by atoms with Crippen molar-refractivity contribution in [1.82, 2.24) is 9.55 Å². The summed E-state index contributed by atoms with van der Waals surface area (Å²) in [6.45, 7) is 5.90. The van der Waals surface area contributed by atoms with Crippen molar-refractivity contribution in [2.75, 3.05) is 13.7 Å². The Morgan fingerprint density at radius 1 is 1.10 bits per heavy atom. The van der Waals surface area contributed by atoms with E-state index in [4.69, 9.17) is 4.74 Å². The molecule has 5 nitrogen and oxygen atoms in total. The first kappa shape index (κ1) is 21.6. The van der Waals surface area contributed by atoms with Crippen molar-refractivity contribution in [2.24, 2.45) is 40.4 Å². The van der Waals surface area contributed by atoms with Crippen molar-refractivity contribution in [2.45, 2.75) is 83.8 Å². The van der Waals surface area contributed by atoms with Crippen molar-refractivity contribution in [3.8, 4) is 0 Å². The quantitative estimate of drug-likeness (QED) is 0.751. The smallest absolute Gasteiger partial charge is 0.156 e. The topological polar surface area (TPSA) is 64.3 Å². The highest BCUT2D eigenvalue weighted by molar-refractivity contribution is 5.82. The van der Waals surface area contributed by atoms with Crippen LogP contribution in [0, 0.1) is 40.4 Å². The summed E-state index contributed by atoms with van der Waals surface area (Å²) in [5.74, 6) is 3.39. The van der Waals surface area contributed by atoms with E-state index in [1.807, 2.05) is 10.8 Å². The molecular formula is C26H40N2O3. The monoisotopic (exact) mass is 428 g/mol. The molecule has 8 atom stereocenters. The van der Waals surface area contributed by atoms with Gasteiger partial charge in [-0.1, -0.05) is 13.8 Å². The molecule has 4 aliphatic carbocycles. The second-order valence-corrected chi connectivity index (χ2v) is 11.9. The number of hydrogen-bond acceptors (Lipinski definition) is 4. The number of nitrogens with zero attached hydrogens (tertiary/aromatic N) is 2. The molecule has 4 aliphatic rings. The minimum atomic E-state index is -0.632. The van der Waals surface area contributed by atoms with Crippen LogP contribution < -0.4 is 0 Å². The van der Waals surface area contributed by atoms with Crippen molar-refractivity contribution < 1.29 is 14.6 Å². The summed E-state index contributed by atoms with van der Waals surface area (Å²) >= 11 is 0. The number of Topliss-reactive ketones (excluding diaryl/α,β-unsaturated/α-hetero) is 1. The van der Waals surface area contributed by atoms with E-state index in [1.54, 1.807) is 19.6 Å². The summed E-state index contributed by atoms with van der Waals surface area (Å²) in [4.78, 5) is 17.4. The fourth-order valence-corrected chi connectivity index (χ4v) is 8.92. The number of aliphatic hydroxyl groups is 1. The maximum atomic E-state index is 13.3. The van der Waals surface area contributed by atoms with Gasteiger partial charge >= 0.3 is 0 Å². The highest BCUT2D eigenvalue weighted by atomic mass is 16.5. The standard InChI is InChI=1S/C26H40N2O3/c1-24-10-11-26(30,16-31-3)14-18(24)4-5-19-20-6-7-22(25(20,2)9-8-21(19)24)23(29)15-28-13-12-27-17-28/h12-13,17-22,30H,4-11,14-16H2,1-3H3/t18-,19-,20-,21-,22+,24?,25-,26+/m0/s1. The second-order valence-electron chi connectivity index (χ2n) is 11.9. The van der Waals surface area contributed by atoms with E-state index >= 15 is 0 Å². The predicted octanol–water partition coefficient (Wildman–Crippen LogP) is 4.49. The van der Waals surface area contributed by atoms with E-state index in [0.717, 1.165) is 37.5 Å². The summed E-state index contributed by atoms with van der Waals surface area (Å²) in [6.07, 6.45) is 15.5. The van der Waals surface area contributed by atoms with Crippen LogP contribution in [0.5, 0.6) is 0 Å². The van der Waals surface area contributed by atoms with Crippen LogP contribution in [-0.2, 0) is 16.1 Å². The number of ether oxygens (including phenoxy) is 1. The summed E-state index contributed by atoms with van der Waals surface area (Å²) in [5.41, 5.74) is -0.135. The number of ketones is 1. The van der Waals surface area contributed by atoms with Crippen LogP contribution in [0.1, 0.15) is 71.6 Å². The van der Waals surface area contributed by atoms with Crippen LogP contribution >= 0.6 is 0 Å². The summed E-state index contributed by atoms with van der Waals surface area (Å²) < 4.78 is 7.29. The van der Waals surface area contributed by atoms with Crippen LogP contribution in [0.15, 0.2) is 18.7 Å². The Kier molecular flexibility index (Phi) is 5.37. The van der Waals surface area contributed by atoms with Crippen LogP contribution in [0.25, 0.3) is 0 Å². The summed E-state index contributed by atoms with van der Waals surface area (Å²) in [5, 5.41) is 11.0. The fourth-order valence-electron chi connectivity index (χ4n) is 8.92. The highest BCUT2D eigenvalue weighted by Gasteiger charge is 2.62. The Balaban J connectivity index is 1.33. The molecule has 1 heterocycles. The number of rotatable bonds is 5. The molecule has 172 valence electrons. The molecule has 4 saturated carbocycles. The largest absolute Gasteiger partial charge is 0.387 e. The van der Waals surface area contributed by atoms with E-state index in [1.165, 1.54) is 32.1 Å². The zero-order valence-corrected chi connectivity index (χ0v) is 19.6. The van der Waals surface area contributed by atoms with Crippen LogP contribution in [-0.4, -0.2) is 39.8 Å². The predicted molar refractivity (Wildman–Crippen MR) is 119 cm³/mol. The lowest BCUT2D eigenvalue weighted by Crippen LogP contribution is -2.56. The third-order valence-corrected chi connectivity index (χ3v) is 10.5. The first-order chi connectivity index (χ1) is 14.8. The van der Waals surface area contributed by atoms with Crippen LogP contribution in [0.3, 0.4) is 0 Å². The van der Waals surface area contributed by atoms with Crippen molar-refractivity contribution in [3.63, 3.8) is 0 Å². The Hall–Kier alpha value is -1.20. The van der Waals surface area contributed by atoms with Crippen LogP contribution in [0.2, 0.25) is 0 Å². The zero-order chi connectivity index (χ0) is 21.9. The molecule has 1 unspecified atom stereocenters. The molecule has 0 bridgehead atoms. The third kappa shape index (κ3) is 3.42. The Morgan fingerprint density at radius 3 is 2.65 bits per heavy atom. The van der Waals surface area contributed by atoms with Gasteiger partial charge in [0.15, 0.2) is 5.78 Å². The third-order valence-electron chi connectivity index (χ3n) is 10.5. The van der Waals surface area contributed by atoms with Crippen molar-refractivity contribution in [1.29, 1.82) is 0 Å². The Labute approximate surface area is 187 Å². The molecule has 0 amide bonds. The molecule has 1 aromatic heterocycles. The fraction of sp³-hybridized carbons (Fsp3) is 0.846. The van der Waals surface area contributed by atoms with E-state index in [-0.39, 0.29) is 11.3 Å². The number of carbonyl (C=O) groups is 1. The number of fused-ring (bicyclic) bond motifs is 5. The van der Waals surface area contributed by atoms with E-state index in [9.17, 15) is 9.90 Å². The van der Waals surface area contributed by atoms with E-state index in [2.05, 4.69) is 18.8 Å². The van der Waals surface area contributed by atoms with Crippen molar-refractivity contribution in [3.05, 3.63) is 18.7 Å². The van der Waals surface area contributed by atoms with Crippen LogP contribution in [0.4, 0.5) is 0 Å². The molecule has 1 aromatic rings. The Bertz CT molecular complexity index is 810. The summed E-state index contributed by atoms with van der Waals surface area (Å²) in [7, 11) is 1.70.